The summed E-state index contributed by atoms with van der Waals surface area (Å²) in [6.45, 7) is 3.31. The van der Waals surface area contributed by atoms with E-state index in [2.05, 4.69) is 10.2 Å². The Labute approximate surface area is 81.7 Å². The summed E-state index contributed by atoms with van der Waals surface area (Å²) in [5.74, 6) is 0.423. The lowest BCUT2D eigenvalue weighted by atomic mass is 10.1. The second-order valence-corrected chi connectivity index (χ2v) is 3.85. The summed E-state index contributed by atoms with van der Waals surface area (Å²) in [6.07, 6.45) is 0.716. The number of aliphatic hydroxyl groups is 1. The molecule has 0 spiro atoms. The molecule has 0 aliphatic carbocycles. The van der Waals surface area contributed by atoms with E-state index in [9.17, 15) is 5.11 Å². The van der Waals surface area contributed by atoms with Crippen molar-refractivity contribution < 1.29 is 9.52 Å². The fraction of sp³-hybridized carbons (Fsp3) is 0.750. The van der Waals surface area contributed by atoms with E-state index in [1.54, 1.807) is 6.92 Å². The minimum absolute atomic E-state index is 0.247. The quantitative estimate of drug-likeness (QED) is 0.665. The molecule has 0 amide bonds. The highest BCUT2D eigenvalue weighted by molar-refractivity contribution is 5.28. The summed E-state index contributed by atoms with van der Waals surface area (Å²) in [4.78, 5) is 1.87. The SMILES string of the molecule is CC1(O)CCN(c2nnc(CN)o2)C1. The molecule has 14 heavy (non-hydrogen) atoms. The van der Waals surface area contributed by atoms with Gasteiger partial charge in [0.15, 0.2) is 0 Å². The van der Waals surface area contributed by atoms with E-state index in [1.165, 1.54) is 0 Å². The van der Waals surface area contributed by atoms with Gasteiger partial charge in [0.2, 0.25) is 5.89 Å². The average Bonchev–Trinajstić information content (AvgIpc) is 2.70. The van der Waals surface area contributed by atoms with Crippen LogP contribution in [0, 0.1) is 0 Å². The van der Waals surface area contributed by atoms with Crippen molar-refractivity contribution in [2.24, 2.45) is 5.73 Å². The molecular weight excluding hydrogens is 184 g/mol. The van der Waals surface area contributed by atoms with Crippen LogP contribution < -0.4 is 10.6 Å². The molecule has 1 unspecified atom stereocenters. The van der Waals surface area contributed by atoms with Crippen molar-refractivity contribution in [3.05, 3.63) is 5.89 Å². The molecule has 0 bridgehead atoms. The Morgan fingerprint density at radius 2 is 2.43 bits per heavy atom. The maximum Gasteiger partial charge on any atom is 0.318 e. The van der Waals surface area contributed by atoms with Gasteiger partial charge in [-0.25, -0.2) is 0 Å². The summed E-state index contributed by atoms with van der Waals surface area (Å²) in [5, 5.41) is 17.3. The van der Waals surface area contributed by atoms with Crippen LogP contribution in [0.3, 0.4) is 0 Å². The van der Waals surface area contributed by atoms with Crippen LogP contribution in [0.4, 0.5) is 6.01 Å². The molecular formula is C8H14N4O2. The topological polar surface area (TPSA) is 88.4 Å². The first-order valence-corrected chi connectivity index (χ1v) is 4.60. The average molecular weight is 198 g/mol. The minimum Gasteiger partial charge on any atom is -0.407 e. The fourth-order valence-corrected chi connectivity index (χ4v) is 1.56. The summed E-state index contributed by atoms with van der Waals surface area (Å²) >= 11 is 0. The van der Waals surface area contributed by atoms with Gasteiger partial charge in [-0.2, -0.15) is 0 Å². The van der Waals surface area contributed by atoms with Crippen molar-refractivity contribution in [2.45, 2.75) is 25.5 Å². The Morgan fingerprint density at radius 1 is 1.64 bits per heavy atom. The molecule has 6 heteroatoms. The van der Waals surface area contributed by atoms with Gasteiger partial charge in [-0.3, -0.25) is 0 Å². The van der Waals surface area contributed by atoms with Crippen LogP contribution in [0.15, 0.2) is 4.42 Å². The number of nitrogens with zero attached hydrogens (tertiary/aromatic N) is 3. The number of hydrogen-bond donors (Lipinski definition) is 2. The molecule has 78 valence electrons. The number of rotatable bonds is 2. The smallest absolute Gasteiger partial charge is 0.318 e. The van der Waals surface area contributed by atoms with Crippen molar-refractivity contribution in [1.82, 2.24) is 10.2 Å². The number of hydrogen-bond acceptors (Lipinski definition) is 6. The summed E-state index contributed by atoms with van der Waals surface area (Å²) in [5.41, 5.74) is 4.70. The van der Waals surface area contributed by atoms with Crippen molar-refractivity contribution in [2.75, 3.05) is 18.0 Å². The Kier molecular flexibility index (Phi) is 2.16. The fourth-order valence-electron chi connectivity index (χ4n) is 1.56. The second-order valence-electron chi connectivity index (χ2n) is 3.85. The molecule has 0 aromatic carbocycles. The molecule has 1 fully saturated rings. The van der Waals surface area contributed by atoms with Gasteiger partial charge in [0, 0.05) is 6.54 Å². The first-order chi connectivity index (χ1) is 6.61. The first kappa shape index (κ1) is 9.42. The predicted octanol–water partition coefficient (Wildman–Crippen LogP) is -0.511. The van der Waals surface area contributed by atoms with Crippen LogP contribution in [0.5, 0.6) is 0 Å². The molecule has 2 heterocycles. The van der Waals surface area contributed by atoms with Gasteiger partial charge in [-0.05, 0) is 13.3 Å². The van der Waals surface area contributed by atoms with Crippen LogP contribution >= 0.6 is 0 Å². The summed E-state index contributed by atoms with van der Waals surface area (Å²) in [6, 6.07) is 0.447. The van der Waals surface area contributed by atoms with Crippen LogP contribution in [-0.4, -0.2) is 34.0 Å². The Bertz CT molecular complexity index is 323. The zero-order chi connectivity index (χ0) is 10.2. The maximum atomic E-state index is 9.73. The van der Waals surface area contributed by atoms with Crippen LogP contribution in [-0.2, 0) is 6.54 Å². The Balaban J connectivity index is 2.09. The van der Waals surface area contributed by atoms with Crippen molar-refractivity contribution in [1.29, 1.82) is 0 Å². The third-order valence-electron chi connectivity index (χ3n) is 2.35. The third kappa shape index (κ3) is 1.71. The summed E-state index contributed by atoms with van der Waals surface area (Å²) < 4.78 is 5.28. The van der Waals surface area contributed by atoms with E-state index >= 15 is 0 Å². The molecule has 0 saturated carbocycles. The van der Waals surface area contributed by atoms with E-state index in [4.69, 9.17) is 10.2 Å². The van der Waals surface area contributed by atoms with E-state index in [-0.39, 0.29) is 6.54 Å². The number of anilines is 1. The lowest BCUT2D eigenvalue weighted by Gasteiger charge is -2.16. The molecule has 1 aliphatic heterocycles. The van der Waals surface area contributed by atoms with Crippen LogP contribution in [0.1, 0.15) is 19.2 Å². The predicted molar refractivity (Wildman–Crippen MR) is 49.6 cm³/mol. The minimum atomic E-state index is -0.655. The van der Waals surface area contributed by atoms with Crippen LogP contribution in [0.25, 0.3) is 0 Å². The highest BCUT2D eigenvalue weighted by Crippen LogP contribution is 2.24. The first-order valence-electron chi connectivity index (χ1n) is 4.60. The van der Waals surface area contributed by atoms with Gasteiger partial charge in [0.25, 0.3) is 0 Å². The third-order valence-corrected chi connectivity index (χ3v) is 2.35. The van der Waals surface area contributed by atoms with E-state index in [0.717, 1.165) is 6.54 Å². The van der Waals surface area contributed by atoms with E-state index in [0.29, 0.717) is 24.9 Å². The van der Waals surface area contributed by atoms with Crippen molar-refractivity contribution in [3.8, 4) is 0 Å². The highest BCUT2D eigenvalue weighted by Gasteiger charge is 2.33. The number of aromatic nitrogens is 2. The van der Waals surface area contributed by atoms with Crippen molar-refractivity contribution >= 4 is 6.01 Å². The zero-order valence-electron chi connectivity index (χ0n) is 8.10. The molecule has 2 rings (SSSR count). The molecule has 1 atom stereocenters. The molecule has 1 aromatic heterocycles. The zero-order valence-corrected chi connectivity index (χ0v) is 8.10. The van der Waals surface area contributed by atoms with E-state index < -0.39 is 5.60 Å². The largest absolute Gasteiger partial charge is 0.407 e. The number of β-amino-alcohol motifs (C(OH)–C–C–N with tert-alkyl or cyclic N) is 1. The molecule has 1 aliphatic rings. The van der Waals surface area contributed by atoms with Gasteiger partial charge in [-0.15, -0.1) is 5.10 Å². The van der Waals surface area contributed by atoms with Crippen LogP contribution in [0.2, 0.25) is 0 Å². The second kappa shape index (κ2) is 3.21. The molecule has 0 radical (unpaired) electrons. The van der Waals surface area contributed by atoms with Crippen molar-refractivity contribution in [3.63, 3.8) is 0 Å². The van der Waals surface area contributed by atoms with Gasteiger partial charge in [0.05, 0.1) is 18.7 Å². The Morgan fingerprint density at radius 3 is 2.93 bits per heavy atom. The van der Waals surface area contributed by atoms with Gasteiger partial charge in [0.1, 0.15) is 0 Å². The molecule has 3 N–H and O–H groups in total. The normalized spacial score (nSPS) is 27.2. The monoisotopic (exact) mass is 198 g/mol. The standard InChI is InChI=1S/C8H14N4O2/c1-8(13)2-3-12(5-8)7-11-10-6(4-9)14-7/h13H,2-5,9H2,1H3. The van der Waals surface area contributed by atoms with Gasteiger partial charge >= 0.3 is 6.01 Å². The summed E-state index contributed by atoms with van der Waals surface area (Å²) in [7, 11) is 0. The Hall–Kier alpha value is -1.14. The molecule has 1 saturated heterocycles. The van der Waals surface area contributed by atoms with E-state index in [1.807, 2.05) is 4.90 Å². The lowest BCUT2D eigenvalue weighted by molar-refractivity contribution is 0.0836. The lowest BCUT2D eigenvalue weighted by Crippen LogP contribution is -2.29. The van der Waals surface area contributed by atoms with Gasteiger partial charge in [-0.1, -0.05) is 5.10 Å². The maximum absolute atomic E-state index is 9.73. The number of nitrogens with two attached hydrogens (primary N) is 1. The molecule has 1 aromatic rings. The highest BCUT2D eigenvalue weighted by atomic mass is 16.4. The van der Waals surface area contributed by atoms with Gasteiger partial charge < -0.3 is 20.2 Å². The molecule has 6 nitrogen and oxygen atoms in total.